The van der Waals surface area contributed by atoms with Crippen LogP contribution in [0.1, 0.15) is 58.1 Å². The van der Waals surface area contributed by atoms with Crippen molar-refractivity contribution in [3.8, 4) is 22.8 Å². The van der Waals surface area contributed by atoms with E-state index < -0.39 is 0 Å². The lowest BCUT2D eigenvalue weighted by Gasteiger charge is -2.15. The Kier molecular flexibility index (Phi) is 7.04. The molecule has 0 saturated heterocycles. The summed E-state index contributed by atoms with van der Waals surface area (Å²) in [4.78, 5) is 0. The fourth-order valence-electron chi connectivity index (χ4n) is 3.76. The SMILES string of the molecule is CCCc1cc(O)c(C/C=C(\C)CCC=C(C)C)c(O)c1-c1cc2ccccc2o1. The maximum Gasteiger partial charge on any atom is 0.139 e. The summed E-state index contributed by atoms with van der Waals surface area (Å²) in [5, 5.41) is 22.8. The molecule has 0 spiro atoms. The number of phenols is 2. The summed E-state index contributed by atoms with van der Waals surface area (Å²) in [7, 11) is 0. The highest BCUT2D eigenvalue weighted by atomic mass is 16.3. The van der Waals surface area contributed by atoms with Crippen molar-refractivity contribution in [3.63, 3.8) is 0 Å². The highest BCUT2D eigenvalue weighted by Crippen LogP contribution is 2.43. The number of allylic oxidation sites excluding steroid dienone is 4. The van der Waals surface area contributed by atoms with Gasteiger partial charge in [-0.1, -0.05) is 54.8 Å². The van der Waals surface area contributed by atoms with Crippen LogP contribution in [0.2, 0.25) is 0 Å². The lowest BCUT2D eigenvalue weighted by molar-refractivity contribution is 0.439. The first-order valence-corrected chi connectivity index (χ1v) is 10.7. The second-order valence-electron chi connectivity index (χ2n) is 8.23. The smallest absolute Gasteiger partial charge is 0.139 e. The van der Waals surface area contributed by atoms with Crippen LogP contribution in [0.25, 0.3) is 22.3 Å². The van der Waals surface area contributed by atoms with Gasteiger partial charge in [-0.3, -0.25) is 0 Å². The Bertz CT molecular complexity index is 1050. The van der Waals surface area contributed by atoms with Crippen molar-refractivity contribution < 1.29 is 14.6 Å². The van der Waals surface area contributed by atoms with Gasteiger partial charge in [-0.05, 0) is 70.2 Å². The average molecular weight is 405 g/mol. The molecule has 3 rings (SSSR count). The van der Waals surface area contributed by atoms with Crippen LogP contribution < -0.4 is 0 Å². The largest absolute Gasteiger partial charge is 0.508 e. The number of aryl methyl sites for hydroxylation is 1. The first kappa shape index (κ1) is 21.8. The molecule has 2 N–H and O–H groups in total. The molecule has 0 aliphatic rings. The zero-order chi connectivity index (χ0) is 21.7. The van der Waals surface area contributed by atoms with Crippen LogP contribution in [0.5, 0.6) is 11.5 Å². The van der Waals surface area contributed by atoms with Crippen LogP contribution in [0.4, 0.5) is 0 Å². The summed E-state index contributed by atoms with van der Waals surface area (Å²) >= 11 is 0. The predicted molar refractivity (Wildman–Crippen MR) is 125 cm³/mol. The Hall–Kier alpha value is -2.94. The van der Waals surface area contributed by atoms with Crippen molar-refractivity contribution in [1.29, 1.82) is 0 Å². The molecule has 0 unspecified atom stereocenters. The van der Waals surface area contributed by atoms with E-state index in [2.05, 4.69) is 39.8 Å². The van der Waals surface area contributed by atoms with E-state index in [4.69, 9.17) is 4.42 Å². The maximum atomic E-state index is 11.2. The van der Waals surface area contributed by atoms with Crippen LogP contribution in [0.3, 0.4) is 0 Å². The molecule has 1 heterocycles. The number of fused-ring (bicyclic) bond motifs is 1. The molecule has 0 atom stereocenters. The van der Waals surface area contributed by atoms with E-state index in [1.165, 1.54) is 11.1 Å². The minimum atomic E-state index is 0.117. The van der Waals surface area contributed by atoms with Gasteiger partial charge in [0, 0.05) is 10.9 Å². The number of hydrogen-bond acceptors (Lipinski definition) is 3. The topological polar surface area (TPSA) is 53.6 Å². The minimum Gasteiger partial charge on any atom is -0.508 e. The van der Waals surface area contributed by atoms with Crippen LogP contribution >= 0.6 is 0 Å². The number of benzene rings is 2. The number of para-hydroxylation sites is 1. The lowest BCUT2D eigenvalue weighted by Crippen LogP contribution is -1.95. The average Bonchev–Trinajstić information content (AvgIpc) is 3.11. The molecule has 0 aliphatic heterocycles. The summed E-state index contributed by atoms with van der Waals surface area (Å²) in [6.45, 7) is 8.39. The fraction of sp³-hybridized carbons (Fsp3) is 0.333. The van der Waals surface area contributed by atoms with E-state index in [9.17, 15) is 10.2 Å². The van der Waals surface area contributed by atoms with Gasteiger partial charge in [-0.25, -0.2) is 0 Å². The summed E-state index contributed by atoms with van der Waals surface area (Å²) < 4.78 is 6.05. The van der Waals surface area contributed by atoms with Crippen molar-refractivity contribution in [1.82, 2.24) is 0 Å². The molecular weight excluding hydrogens is 372 g/mol. The third-order valence-electron chi connectivity index (χ3n) is 5.40. The molecule has 0 radical (unpaired) electrons. The van der Waals surface area contributed by atoms with Gasteiger partial charge < -0.3 is 14.6 Å². The molecule has 0 amide bonds. The monoisotopic (exact) mass is 404 g/mol. The number of aromatic hydroxyl groups is 2. The standard InChI is InChI=1S/C27H32O3/c1-5-9-21-16-23(28)22(15-14-19(4)11-8-10-18(2)3)27(29)26(21)25-17-20-12-6-7-13-24(20)30-25/h6-7,10,12-14,16-17,28-29H,5,8-9,11,15H2,1-4H3/b19-14+. The Labute approximate surface area is 179 Å². The second kappa shape index (κ2) is 9.71. The molecule has 3 nitrogen and oxygen atoms in total. The summed E-state index contributed by atoms with van der Waals surface area (Å²) in [5.74, 6) is 0.901. The molecule has 0 fully saturated rings. The zero-order valence-corrected chi connectivity index (χ0v) is 18.5. The van der Waals surface area contributed by atoms with E-state index in [1.54, 1.807) is 6.07 Å². The third kappa shape index (κ3) is 4.96. The Morgan fingerprint density at radius 2 is 1.80 bits per heavy atom. The van der Waals surface area contributed by atoms with E-state index in [0.717, 1.165) is 42.2 Å². The Balaban J connectivity index is 1.99. The van der Waals surface area contributed by atoms with E-state index >= 15 is 0 Å². The zero-order valence-electron chi connectivity index (χ0n) is 18.5. The number of rotatable bonds is 8. The summed E-state index contributed by atoms with van der Waals surface area (Å²) in [5.41, 5.74) is 5.50. The molecule has 3 aromatic rings. The number of hydrogen-bond donors (Lipinski definition) is 2. The summed E-state index contributed by atoms with van der Waals surface area (Å²) in [6, 6.07) is 11.6. The number of phenolic OH excluding ortho intramolecular Hbond substituents is 2. The van der Waals surface area contributed by atoms with Gasteiger partial charge in [0.1, 0.15) is 22.8 Å². The van der Waals surface area contributed by atoms with Gasteiger partial charge in [-0.2, -0.15) is 0 Å². The minimum absolute atomic E-state index is 0.117. The fourth-order valence-corrected chi connectivity index (χ4v) is 3.76. The van der Waals surface area contributed by atoms with Gasteiger partial charge in [0.15, 0.2) is 0 Å². The van der Waals surface area contributed by atoms with Gasteiger partial charge >= 0.3 is 0 Å². The van der Waals surface area contributed by atoms with Gasteiger partial charge in [0.05, 0.1) is 5.56 Å². The van der Waals surface area contributed by atoms with E-state index in [1.807, 2.05) is 30.3 Å². The van der Waals surface area contributed by atoms with Crippen molar-refractivity contribution in [3.05, 3.63) is 70.8 Å². The molecule has 1 aromatic heterocycles. The Morgan fingerprint density at radius 1 is 1.03 bits per heavy atom. The van der Waals surface area contributed by atoms with Crippen LogP contribution in [-0.4, -0.2) is 10.2 Å². The molecule has 2 aromatic carbocycles. The first-order chi connectivity index (χ1) is 14.4. The first-order valence-electron chi connectivity index (χ1n) is 10.7. The van der Waals surface area contributed by atoms with Crippen molar-refractivity contribution in [2.45, 2.75) is 59.8 Å². The van der Waals surface area contributed by atoms with Crippen LogP contribution in [-0.2, 0) is 12.8 Å². The Morgan fingerprint density at radius 3 is 2.50 bits per heavy atom. The van der Waals surface area contributed by atoms with Gasteiger partial charge in [0.2, 0.25) is 0 Å². The van der Waals surface area contributed by atoms with E-state index in [-0.39, 0.29) is 11.5 Å². The molecule has 0 saturated carbocycles. The molecule has 30 heavy (non-hydrogen) atoms. The predicted octanol–water partition coefficient (Wildman–Crippen LogP) is 7.70. The molecule has 158 valence electrons. The second-order valence-corrected chi connectivity index (χ2v) is 8.23. The molecular formula is C27H32O3. The highest BCUT2D eigenvalue weighted by molar-refractivity contribution is 5.85. The highest BCUT2D eigenvalue weighted by Gasteiger charge is 2.20. The normalized spacial score (nSPS) is 11.8. The third-order valence-corrected chi connectivity index (χ3v) is 5.40. The lowest BCUT2D eigenvalue weighted by atomic mass is 9.94. The molecule has 3 heteroatoms. The van der Waals surface area contributed by atoms with E-state index in [0.29, 0.717) is 23.3 Å². The summed E-state index contributed by atoms with van der Waals surface area (Å²) in [6.07, 6.45) is 8.44. The van der Waals surface area contributed by atoms with Crippen molar-refractivity contribution in [2.24, 2.45) is 0 Å². The quantitative estimate of drug-likeness (QED) is 0.378. The van der Waals surface area contributed by atoms with Crippen LogP contribution in [0, 0.1) is 0 Å². The molecule has 0 aliphatic carbocycles. The number of furan rings is 1. The molecule has 0 bridgehead atoms. The van der Waals surface area contributed by atoms with Gasteiger partial charge in [-0.15, -0.1) is 0 Å². The van der Waals surface area contributed by atoms with Crippen LogP contribution in [0.15, 0.2) is 64.1 Å². The van der Waals surface area contributed by atoms with Crippen molar-refractivity contribution in [2.75, 3.05) is 0 Å². The van der Waals surface area contributed by atoms with Gasteiger partial charge in [0.25, 0.3) is 0 Å². The van der Waals surface area contributed by atoms with Crippen molar-refractivity contribution >= 4 is 11.0 Å². The maximum absolute atomic E-state index is 11.2.